The van der Waals surface area contributed by atoms with Crippen molar-refractivity contribution in [3.05, 3.63) is 35.9 Å². The van der Waals surface area contributed by atoms with Crippen LogP contribution in [-0.2, 0) is 5.60 Å². The van der Waals surface area contributed by atoms with Crippen LogP contribution in [-0.4, -0.2) is 24.7 Å². The number of nitrogens with one attached hydrogen (secondary N) is 1. The number of aliphatic hydroxyl groups is 1. The standard InChI is InChI=1S/C14H21NO/c1-11-10-15(3)12(2)9-14(11,16)13-7-5-4-6-8-13/h4-8,11-12,16H,9-10H2,1-3H3/p+1/t11-,12-,14-/m1/s1. The van der Waals surface area contributed by atoms with E-state index in [-0.39, 0.29) is 0 Å². The number of benzene rings is 1. The Labute approximate surface area is 97.9 Å². The molecule has 1 saturated heterocycles. The second kappa shape index (κ2) is 4.19. The second-order valence-electron chi connectivity index (χ2n) is 5.35. The number of likely N-dealkylation sites (tertiary alicyclic amines) is 1. The number of hydrogen-bond acceptors (Lipinski definition) is 1. The van der Waals surface area contributed by atoms with Gasteiger partial charge in [0.05, 0.1) is 19.6 Å². The maximum Gasteiger partial charge on any atom is 0.103 e. The molecule has 1 heterocycles. The van der Waals surface area contributed by atoms with Gasteiger partial charge in [0.2, 0.25) is 0 Å². The first-order valence-corrected chi connectivity index (χ1v) is 6.14. The van der Waals surface area contributed by atoms with E-state index in [2.05, 4.69) is 20.9 Å². The summed E-state index contributed by atoms with van der Waals surface area (Å²) in [7, 11) is 2.21. The van der Waals surface area contributed by atoms with Crippen molar-refractivity contribution in [2.45, 2.75) is 31.9 Å². The van der Waals surface area contributed by atoms with Crippen molar-refractivity contribution in [2.75, 3.05) is 13.6 Å². The van der Waals surface area contributed by atoms with Gasteiger partial charge < -0.3 is 10.0 Å². The van der Waals surface area contributed by atoms with Crippen LogP contribution in [0.15, 0.2) is 30.3 Å². The number of quaternary nitrogens is 1. The summed E-state index contributed by atoms with van der Waals surface area (Å²) in [6.45, 7) is 5.41. The Bertz CT molecular complexity index is 351. The van der Waals surface area contributed by atoms with Crippen LogP contribution in [0, 0.1) is 5.92 Å². The molecule has 1 unspecified atom stereocenters. The highest BCUT2D eigenvalue weighted by Gasteiger charge is 2.44. The molecule has 0 bridgehead atoms. The van der Waals surface area contributed by atoms with E-state index < -0.39 is 5.60 Å². The Morgan fingerprint density at radius 1 is 1.25 bits per heavy atom. The molecule has 16 heavy (non-hydrogen) atoms. The van der Waals surface area contributed by atoms with Gasteiger partial charge in [-0.05, 0) is 12.5 Å². The molecule has 2 rings (SSSR count). The van der Waals surface area contributed by atoms with Crippen LogP contribution in [0.5, 0.6) is 0 Å². The lowest BCUT2D eigenvalue weighted by Gasteiger charge is -2.43. The van der Waals surface area contributed by atoms with Crippen molar-refractivity contribution in [2.24, 2.45) is 5.92 Å². The van der Waals surface area contributed by atoms with Crippen molar-refractivity contribution in [1.82, 2.24) is 0 Å². The fourth-order valence-electron chi connectivity index (χ4n) is 2.82. The summed E-state index contributed by atoms with van der Waals surface area (Å²) in [6, 6.07) is 10.6. The smallest absolute Gasteiger partial charge is 0.103 e. The summed E-state index contributed by atoms with van der Waals surface area (Å²) < 4.78 is 0. The zero-order valence-electron chi connectivity index (χ0n) is 10.4. The third-order valence-electron chi connectivity index (χ3n) is 4.18. The first kappa shape index (κ1) is 11.6. The van der Waals surface area contributed by atoms with E-state index >= 15 is 0 Å². The minimum Gasteiger partial charge on any atom is -0.384 e. The third-order valence-corrected chi connectivity index (χ3v) is 4.18. The predicted molar refractivity (Wildman–Crippen MR) is 65.3 cm³/mol. The summed E-state index contributed by atoms with van der Waals surface area (Å²) in [6.07, 6.45) is 0.851. The van der Waals surface area contributed by atoms with E-state index in [9.17, 15) is 5.11 Å². The highest BCUT2D eigenvalue weighted by molar-refractivity contribution is 5.23. The highest BCUT2D eigenvalue weighted by Crippen LogP contribution is 2.35. The van der Waals surface area contributed by atoms with E-state index in [0.717, 1.165) is 18.5 Å². The molecular weight excluding hydrogens is 198 g/mol. The molecule has 88 valence electrons. The molecule has 0 amide bonds. The second-order valence-corrected chi connectivity index (χ2v) is 5.35. The van der Waals surface area contributed by atoms with Gasteiger partial charge in [-0.2, -0.15) is 0 Å². The van der Waals surface area contributed by atoms with Crippen molar-refractivity contribution in [3.8, 4) is 0 Å². The molecule has 2 nitrogen and oxygen atoms in total. The van der Waals surface area contributed by atoms with Crippen molar-refractivity contribution < 1.29 is 10.0 Å². The lowest BCUT2D eigenvalue weighted by molar-refractivity contribution is -0.916. The van der Waals surface area contributed by atoms with Crippen LogP contribution < -0.4 is 4.90 Å². The van der Waals surface area contributed by atoms with Gasteiger partial charge in [0.1, 0.15) is 5.60 Å². The molecule has 0 saturated carbocycles. The van der Waals surface area contributed by atoms with Crippen LogP contribution in [0.2, 0.25) is 0 Å². The van der Waals surface area contributed by atoms with Gasteiger partial charge in [0.25, 0.3) is 0 Å². The average Bonchev–Trinajstić information content (AvgIpc) is 2.28. The van der Waals surface area contributed by atoms with Crippen LogP contribution in [0.1, 0.15) is 25.8 Å². The molecule has 1 aliphatic rings. The molecule has 0 aliphatic carbocycles. The van der Waals surface area contributed by atoms with Gasteiger partial charge in [-0.3, -0.25) is 0 Å². The lowest BCUT2D eigenvalue weighted by atomic mass is 9.74. The van der Waals surface area contributed by atoms with Crippen LogP contribution in [0.25, 0.3) is 0 Å². The Morgan fingerprint density at radius 3 is 2.50 bits per heavy atom. The van der Waals surface area contributed by atoms with E-state index in [1.54, 1.807) is 0 Å². The molecule has 0 spiro atoms. The lowest BCUT2D eigenvalue weighted by Crippen LogP contribution is -3.15. The maximum atomic E-state index is 10.9. The van der Waals surface area contributed by atoms with Crippen molar-refractivity contribution in [1.29, 1.82) is 0 Å². The molecule has 1 fully saturated rings. The summed E-state index contributed by atoms with van der Waals surface area (Å²) in [5.41, 5.74) is 0.432. The fraction of sp³-hybridized carbons (Fsp3) is 0.571. The predicted octanol–water partition coefficient (Wildman–Crippen LogP) is 0.817. The first-order chi connectivity index (χ1) is 7.54. The molecule has 2 N–H and O–H groups in total. The normalized spacial score (nSPS) is 39.6. The maximum absolute atomic E-state index is 10.9. The molecule has 4 atom stereocenters. The van der Waals surface area contributed by atoms with Gasteiger partial charge in [-0.15, -0.1) is 0 Å². The molecule has 1 aromatic carbocycles. The Morgan fingerprint density at radius 2 is 1.88 bits per heavy atom. The van der Waals surface area contributed by atoms with Crippen LogP contribution in [0.4, 0.5) is 0 Å². The van der Waals surface area contributed by atoms with Gasteiger partial charge in [-0.1, -0.05) is 37.3 Å². The molecule has 2 heteroatoms. The fourth-order valence-corrected chi connectivity index (χ4v) is 2.82. The van der Waals surface area contributed by atoms with Gasteiger partial charge in [0, 0.05) is 12.3 Å². The number of piperidine rings is 1. The van der Waals surface area contributed by atoms with Gasteiger partial charge in [-0.25, -0.2) is 0 Å². The SMILES string of the molecule is C[C@@H]1C[C@](O)(c2ccccc2)[C@H](C)C[NH+]1C. The Hall–Kier alpha value is -0.860. The average molecular weight is 220 g/mol. The molecule has 0 radical (unpaired) electrons. The number of hydrogen-bond donors (Lipinski definition) is 2. The topological polar surface area (TPSA) is 24.7 Å². The first-order valence-electron chi connectivity index (χ1n) is 6.14. The van der Waals surface area contributed by atoms with E-state index in [4.69, 9.17) is 0 Å². The highest BCUT2D eigenvalue weighted by atomic mass is 16.3. The van der Waals surface area contributed by atoms with E-state index in [1.165, 1.54) is 4.90 Å². The summed E-state index contributed by atoms with van der Waals surface area (Å²) in [5.74, 6) is 0.311. The summed E-state index contributed by atoms with van der Waals surface area (Å²) in [5, 5.41) is 10.9. The minimum absolute atomic E-state index is 0.311. The molecule has 0 aromatic heterocycles. The van der Waals surface area contributed by atoms with Crippen molar-refractivity contribution in [3.63, 3.8) is 0 Å². The Kier molecular flexibility index (Phi) is 3.04. The molecule has 1 aliphatic heterocycles. The van der Waals surface area contributed by atoms with Gasteiger partial charge >= 0.3 is 0 Å². The van der Waals surface area contributed by atoms with Crippen LogP contribution in [0.3, 0.4) is 0 Å². The quantitative estimate of drug-likeness (QED) is 0.719. The summed E-state index contributed by atoms with van der Waals surface area (Å²) >= 11 is 0. The zero-order valence-corrected chi connectivity index (χ0v) is 10.4. The van der Waals surface area contributed by atoms with E-state index in [1.807, 2.05) is 30.3 Å². The minimum atomic E-state index is -0.639. The van der Waals surface area contributed by atoms with E-state index in [0.29, 0.717) is 12.0 Å². The monoisotopic (exact) mass is 220 g/mol. The van der Waals surface area contributed by atoms with Crippen LogP contribution >= 0.6 is 0 Å². The van der Waals surface area contributed by atoms with Crippen molar-refractivity contribution >= 4 is 0 Å². The number of rotatable bonds is 1. The summed E-state index contributed by atoms with van der Waals surface area (Å²) in [4.78, 5) is 1.52. The van der Waals surface area contributed by atoms with Gasteiger partial charge in [0.15, 0.2) is 0 Å². The zero-order chi connectivity index (χ0) is 11.8. The molecular formula is C14H22NO+. The largest absolute Gasteiger partial charge is 0.384 e. The molecule has 1 aromatic rings. The third kappa shape index (κ3) is 1.87. The Balaban J connectivity index is 2.31.